The number of aromatic nitrogens is 2. The SMILES string of the molecule is Cc1cn(-c2ccccc2N)nc1C. The maximum absolute atomic E-state index is 5.85. The number of para-hydroxylation sites is 2. The van der Waals surface area contributed by atoms with Gasteiger partial charge in [0.15, 0.2) is 0 Å². The van der Waals surface area contributed by atoms with Crippen LogP contribution >= 0.6 is 0 Å². The zero-order valence-electron chi connectivity index (χ0n) is 8.36. The third kappa shape index (κ3) is 1.37. The molecule has 0 unspecified atom stereocenters. The first kappa shape index (κ1) is 8.81. The summed E-state index contributed by atoms with van der Waals surface area (Å²) in [5.74, 6) is 0. The Bertz CT molecular complexity index is 438. The van der Waals surface area contributed by atoms with E-state index in [2.05, 4.69) is 5.10 Å². The van der Waals surface area contributed by atoms with E-state index in [1.54, 1.807) is 0 Å². The van der Waals surface area contributed by atoms with Crippen LogP contribution in [-0.2, 0) is 0 Å². The summed E-state index contributed by atoms with van der Waals surface area (Å²) < 4.78 is 1.82. The third-order valence-corrected chi connectivity index (χ3v) is 2.33. The van der Waals surface area contributed by atoms with Crippen molar-refractivity contribution in [2.24, 2.45) is 0 Å². The van der Waals surface area contributed by atoms with Crippen LogP contribution in [0.3, 0.4) is 0 Å². The highest BCUT2D eigenvalue weighted by Crippen LogP contribution is 2.16. The van der Waals surface area contributed by atoms with Crippen LogP contribution in [0, 0.1) is 13.8 Å². The zero-order chi connectivity index (χ0) is 10.1. The number of hydrogen-bond acceptors (Lipinski definition) is 2. The van der Waals surface area contributed by atoms with Crippen molar-refractivity contribution in [3.05, 3.63) is 41.7 Å². The zero-order valence-corrected chi connectivity index (χ0v) is 8.36. The summed E-state index contributed by atoms with van der Waals surface area (Å²) in [6.07, 6.45) is 1.99. The molecule has 0 spiro atoms. The van der Waals surface area contributed by atoms with E-state index in [1.165, 1.54) is 5.56 Å². The standard InChI is InChI=1S/C11H13N3/c1-8-7-14(13-9(8)2)11-6-4-3-5-10(11)12/h3-7H,12H2,1-2H3. The topological polar surface area (TPSA) is 43.8 Å². The Balaban J connectivity index is 2.55. The van der Waals surface area contributed by atoms with Gasteiger partial charge in [-0.15, -0.1) is 0 Å². The fraction of sp³-hybridized carbons (Fsp3) is 0.182. The quantitative estimate of drug-likeness (QED) is 0.694. The molecule has 0 radical (unpaired) electrons. The fourth-order valence-corrected chi connectivity index (χ4v) is 1.37. The first-order valence-electron chi connectivity index (χ1n) is 4.56. The molecule has 2 aromatic rings. The molecule has 0 amide bonds. The predicted octanol–water partition coefficient (Wildman–Crippen LogP) is 2.07. The van der Waals surface area contributed by atoms with Gasteiger partial charge in [0, 0.05) is 6.20 Å². The maximum atomic E-state index is 5.85. The smallest absolute Gasteiger partial charge is 0.0874 e. The predicted molar refractivity (Wildman–Crippen MR) is 57.5 cm³/mol. The lowest BCUT2D eigenvalue weighted by atomic mass is 10.3. The number of rotatable bonds is 1. The van der Waals surface area contributed by atoms with E-state index in [1.807, 2.05) is 49.0 Å². The Morgan fingerprint density at radius 1 is 1.21 bits per heavy atom. The van der Waals surface area contributed by atoms with E-state index in [0.717, 1.165) is 17.1 Å². The van der Waals surface area contributed by atoms with E-state index in [4.69, 9.17) is 5.73 Å². The normalized spacial score (nSPS) is 10.4. The second-order valence-corrected chi connectivity index (χ2v) is 3.40. The van der Waals surface area contributed by atoms with Gasteiger partial charge < -0.3 is 5.73 Å². The highest BCUT2D eigenvalue weighted by molar-refractivity contribution is 5.57. The van der Waals surface area contributed by atoms with Crippen LogP contribution in [0.15, 0.2) is 30.5 Å². The van der Waals surface area contributed by atoms with Crippen LogP contribution in [0.2, 0.25) is 0 Å². The Labute approximate surface area is 83.2 Å². The van der Waals surface area contributed by atoms with Gasteiger partial charge in [-0.1, -0.05) is 12.1 Å². The molecule has 0 aliphatic rings. The van der Waals surface area contributed by atoms with Crippen molar-refractivity contribution in [3.8, 4) is 5.69 Å². The van der Waals surface area contributed by atoms with Crippen LogP contribution < -0.4 is 5.73 Å². The van der Waals surface area contributed by atoms with Gasteiger partial charge in [0.05, 0.1) is 17.1 Å². The van der Waals surface area contributed by atoms with Gasteiger partial charge in [-0.05, 0) is 31.5 Å². The van der Waals surface area contributed by atoms with Gasteiger partial charge in [0.1, 0.15) is 0 Å². The molecular formula is C11H13N3. The molecule has 3 heteroatoms. The summed E-state index contributed by atoms with van der Waals surface area (Å²) in [7, 11) is 0. The molecule has 1 aromatic carbocycles. The van der Waals surface area contributed by atoms with Gasteiger partial charge in [-0.2, -0.15) is 5.10 Å². The van der Waals surface area contributed by atoms with Crippen molar-refractivity contribution in [1.29, 1.82) is 0 Å². The van der Waals surface area contributed by atoms with Gasteiger partial charge >= 0.3 is 0 Å². The molecule has 1 heterocycles. The molecule has 1 aromatic heterocycles. The van der Waals surface area contributed by atoms with Crippen molar-refractivity contribution < 1.29 is 0 Å². The first-order chi connectivity index (χ1) is 6.68. The van der Waals surface area contributed by atoms with E-state index < -0.39 is 0 Å². The van der Waals surface area contributed by atoms with Crippen molar-refractivity contribution in [2.45, 2.75) is 13.8 Å². The molecule has 0 saturated carbocycles. The van der Waals surface area contributed by atoms with Crippen LogP contribution in [0.1, 0.15) is 11.3 Å². The van der Waals surface area contributed by atoms with Crippen LogP contribution in [0.4, 0.5) is 5.69 Å². The minimum atomic E-state index is 0.745. The van der Waals surface area contributed by atoms with Crippen LogP contribution in [0.5, 0.6) is 0 Å². The third-order valence-electron chi connectivity index (χ3n) is 2.33. The molecule has 0 fully saturated rings. The summed E-state index contributed by atoms with van der Waals surface area (Å²) in [6, 6.07) is 7.71. The van der Waals surface area contributed by atoms with E-state index in [9.17, 15) is 0 Å². The number of nitrogen functional groups attached to an aromatic ring is 1. The molecule has 0 bridgehead atoms. The van der Waals surface area contributed by atoms with Crippen molar-refractivity contribution >= 4 is 5.69 Å². The highest BCUT2D eigenvalue weighted by Gasteiger charge is 2.04. The number of aryl methyl sites for hydroxylation is 2. The average Bonchev–Trinajstić information content (AvgIpc) is 2.48. The molecule has 3 nitrogen and oxygen atoms in total. The maximum Gasteiger partial charge on any atom is 0.0874 e. The Hall–Kier alpha value is -1.77. The number of nitrogens with zero attached hydrogens (tertiary/aromatic N) is 2. The van der Waals surface area contributed by atoms with E-state index in [0.29, 0.717) is 0 Å². The molecular weight excluding hydrogens is 174 g/mol. The molecule has 0 atom stereocenters. The fourth-order valence-electron chi connectivity index (χ4n) is 1.37. The summed E-state index contributed by atoms with van der Waals surface area (Å²) in [5.41, 5.74) is 9.74. The number of benzene rings is 1. The molecule has 0 saturated heterocycles. The summed E-state index contributed by atoms with van der Waals surface area (Å²) in [5, 5.41) is 4.38. The van der Waals surface area contributed by atoms with Crippen molar-refractivity contribution in [3.63, 3.8) is 0 Å². The largest absolute Gasteiger partial charge is 0.397 e. The molecule has 2 rings (SSSR count). The highest BCUT2D eigenvalue weighted by atomic mass is 15.3. The monoisotopic (exact) mass is 187 g/mol. The Kier molecular flexibility index (Phi) is 2.00. The second kappa shape index (κ2) is 3.18. The first-order valence-corrected chi connectivity index (χ1v) is 4.56. The van der Waals surface area contributed by atoms with E-state index >= 15 is 0 Å². The number of anilines is 1. The summed E-state index contributed by atoms with van der Waals surface area (Å²) >= 11 is 0. The minimum Gasteiger partial charge on any atom is -0.397 e. The molecule has 72 valence electrons. The molecule has 14 heavy (non-hydrogen) atoms. The van der Waals surface area contributed by atoms with Gasteiger partial charge in [-0.25, -0.2) is 4.68 Å². The lowest BCUT2D eigenvalue weighted by molar-refractivity contribution is 0.865. The van der Waals surface area contributed by atoms with Gasteiger partial charge in [0.2, 0.25) is 0 Å². The summed E-state index contributed by atoms with van der Waals surface area (Å²) in [4.78, 5) is 0. The minimum absolute atomic E-state index is 0.745. The number of hydrogen-bond donors (Lipinski definition) is 1. The van der Waals surface area contributed by atoms with E-state index in [-0.39, 0.29) is 0 Å². The van der Waals surface area contributed by atoms with Crippen LogP contribution in [0.25, 0.3) is 5.69 Å². The molecule has 2 N–H and O–H groups in total. The van der Waals surface area contributed by atoms with Gasteiger partial charge in [0.25, 0.3) is 0 Å². The number of nitrogens with two attached hydrogens (primary N) is 1. The molecule has 0 aliphatic heterocycles. The van der Waals surface area contributed by atoms with Crippen molar-refractivity contribution in [1.82, 2.24) is 9.78 Å². The molecule has 0 aliphatic carbocycles. The van der Waals surface area contributed by atoms with Crippen LogP contribution in [-0.4, -0.2) is 9.78 Å². The van der Waals surface area contributed by atoms with Gasteiger partial charge in [-0.3, -0.25) is 0 Å². The Morgan fingerprint density at radius 3 is 2.50 bits per heavy atom. The lowest BCUT2D eigenvalue weighted by Gasteiger charge is -2.03. The lowest BCUT2D eigenvalue weighted by Crippen LogP contribution is -1.99. The van der Waals surface area contributed by atoms with Crippen molar-refractivity contribution in [2.75, 3.05) is 5.73 Å². The average molecular weight is 187 g/mol. The summed E-state index contributed by atoms with van der Waals surface area (Å²) in [6.45, 7) is 4.03. The Morgan fingerprint density at radius 2 is 1.93 bits per heavy atom. The second-order valence-electron chi connectivity index (χ2n) is 3.40.